The number of hydrogen-bond donors (Lipinski definition) is 3. The van der Waals surface area contributed by atoms with Crippen molar-refractivity contribution < 1.29 is 4.79 Å². The predicted molar refractivity (Wildman–Crippen MR) is 114 cm³/mol. The van der Waals surface area contributed by atoms with Gasteiger partial charge in [0.1, 0.15) is 0 Å². The zero-order valence-electron chi connectivity index (χ0n) is 17.4. The maximum absolute atomic E-state index is 12.0. The van der Waals surface area contributed by atoms with E-state index >= 15 is 0 Å². The molecule has 27 heavy (non-hydrogen) atoms. The molecule has 0 heterocycles. The summed E-state index contributed by atoms with van der Waals surface area (Å²) in [5.74, 6) is 0.746. The fraction of sp³-hybridized carbons (Fsp3) is 0.619. The van der Waals surface area contributed by atoms with Crippen molar-refractivity contribution >= 4 is 11.9 Å². The highest BCUT2D eigenvalue weighted by Gasteiger charge is 2.07. The van der Waals surface area contributed by atoms with Crippen molar-refractivity contribution in [3.63, 3.8) is 0 Å². The molecule has 0 aliphatic rings. The lowest BCUT2D eigenvalue weighted by Gasteiger charge is -2.21. The number of carbonyl (C=O) groups excluding carboxylic acids is 1. The molecule has 1 aromatic rings. The van der Waals surface area contributed by atoms with Crippen molar-refractivity contribution in [2.75, 3.05) is 39.3 Å². The summed E-state index contributed by atoms with van der Waals surface area (Å²) < 4.78 is 0. The Morgan fingerprint density at radius 1 is 1.11 bits per heavy atom. The molecule has 0 aliphatic carbocycles. The van der Waals surface area contributed by atoms with Crippen LogP contribution < -0.4 is 16.0 Å². The van der Waals surface area contributed by atoms with Crippen LogP contribution in [-0.2, 0) is 0 Å². The zero-order valence-corrected chi connectivity index (χ0v) is 17.4. The smallest absolute Gasteiger partial charge is 0.251 e. The molecule has 1 rings (SSSR count). The van der Waals surface area contributed by atoms with Crippen molar-refractivity contribution in [3.05, 3.63) is 35.9 Å². The first kappa shape index (κ1) is 23.0. The molecule has 1 atom stereocenters. The Labute approximate surface area is 164 Å². The fourth-order valence-corrected chi connectivity index (χ4v) is 2.82. The standard InChI is InChI=1S/C21H37N5O/c1-5-22-21(25-18(4)12-11-17-26(6-2)7-3)24-16-15-23-20(27)19-13-9-8-10-14-19/h8-10,13-14,18H,5-7,11-12,15-17H2,1-4H3,(H,23,27)(H2,22,24,25). The largest absolute Gasteiger partial charge is 0.357 e. The van der Waals surface area contributed by atoms with Gasteiger partial charge in [0.05, 0.1) is 6.54 Å². The second kappa shape index (κ2) is 14.0. The molecule has 1 aromatic carbocycles. The van der Waals surface area contributed by atoms with E-state index in [9.17, 15) is 4.79 Å². The Morgan fingerprint density at radius 3 is 2.44 bits per heavy atom. The molecule has 1 amide bonds. The van der Waals surface area contributed by atoms with E-state index in [0.717, 1.165) is 38.6 Å². The Balaban J connectivity index is 2.35. The third kappa shape index (κ3) is 9.99. The minimum absolute atomic E-state index is 0.0615. The van der Waals surface area contributed by atoms with Crippen molar-refractivity contribution in [2.24, 2.45) is 4.99 Å². The topological polar surface area (TPSA) is 68.8 Å². The number of aliphatic imine (C=N–C) groups is 1. The normalized spacial score (nSPS) is 12.7. The molecule has 0 bridgehead atoms. The van der Waals surface area contributed by atoms with E-state index in [2.05, 4.69) is 53.5 Å². The van der Waals surface area contributed by atoms with Crippen LogP contribution in [0.2, 0.25) is 0 Å². The van der Waals surface area contributed by atoms with Crippen LogP contribution >= 0.6 is 0 Å². The van der Waals surface area contributed by atoms with Gasteiger partial charge >= 0.3 is 0 Å². The molecule has 0 saturated heterocycles. The second-order valence-electron chi connectivity index (χ2n) is 6.60. The summed E-state index contributed by atoms with van der Waals surface area (Å²) in [5, 5.41) is 9.63. The number of benzene rings is 1. The maximum atomic E-state index is 12.0. The average molecular weight is 376 g/mol. The molecule has 3 N–H and O–H groups in total. The molecule has 0 aliphatic heterocycles. The van der Waals surface area contributed by atoms with Gasteiger partial charge in [-0.25, -0.2) is 0 Å². The summed E-state index contributed by atoms with van der Waals surface area (Å²) >= 11 is 0. The maximum Gasteiger partial charge on any atom is 0.251 e. The van der Waals surface area contributed by atoms with Crippen molar-refractivity contribution in [3.8, 4) is 0 Å². The molecule has 6 nitrogen and oxygen atoms in total. The van der Waals surface area contributed by atoms with Crippen LogP contribution in [0.4, 0.5) is 0 Å². The summed E-state index contributed by atoms with van der Waals surface area (Å²) in [4.78, 5) is 19.0. The van der Waals surface area contributed by atoms with Gasteiger partial charge in [-0.05, 0) is 58.5 Å². The van der Waals surface area contributed by atoms with E-state index in [0.29, 0.717) is 24.7 Å². The highest BCUT2D eigenvalue weighted by Crippen LogP contribution is 2.00. The summed E-state index contributed by atoms with van der Waals surface area (Å²) in [6.07, 6.45) is 2.27. The number of amides is 1. The van der Waals surface area contributed by atoms with Gasteiger partial charge in [-0.2, -0.15) is 0 Å². The lowest BCUT2D eigenvalue weighted by molar-refractivity contribution is 0.0955. The van der Waals surface area contributed by atoms with Gasteiger partial charge in [-0.1, -0.05) is 32.0 Å². The lowest BCUT2D eigenvalue weighted by atomic mass is 10.2. The number of hydrogen-bond acceptors (Lipinski definition) is 3. The molecule has 0 aromatic heterocycles. The van der Waals surface area contributed by atoms with E-state index in [1.165, 1.54) is 6.42 Å². The van der Waals surface area contributed by atoms with E-state index in [1.54, 1.807) is 0 Å². The van der Waals surface area contributed by atoms with Crippen LogP contribution in [0.3, 0.4) is 0 Å². The van der Waals surface area contributed by atoms with Crippen molar-refractivity contribution in [1.82, 2.24) is 20.9 Å². The van der Waals surface area contributed by atoms with Crippen LogP contribution in [0.5, 0.6) is 0 Å². The number of carbonyl (C=O) groups is 1. The van der Waals surface area contributed by atoms with E-state index in [1.807, 2.05) is 30.3 Å². The van der Waals surface area contributed by atoms with E-state index in [-0.39, 0.29) is 5.91 Å². The van der Waals surface area contributed by atoms with Crippen LogP contribution in [-0.4, -0.2) is 62.1 Å². The monoisotopic (exact) mass is 375 g/mol. The molecule has 152 valence electrons. The van der Waals surface area contributed by atoms with E-state index < -0.39 is 0 Å². The van der Waals surface area contributed by atoms with Gasteiger partial charge in [0.15, 0.2) is 5.96 Å². The Hall–Kier alpha value is -2.08. The highest BCUT2D eigenvalue weighted by molar-refractivity contribution is 5.94. The minimum Gasteiger partial charge on any atom is -0.357 e. The third-order valence-electron chi connectivity index (χ3n) is 4.44. The molecule has 6 heteroatoms. The summed E-state index contributed by atoms with van der Waals surface area (Å²) in [6.45, 7) is 13.9. The number of nitrogens with one attached hydrogen (secondary N) is 3. The highest BCUT2D eigenvalue weighted by atomic mass is 16.1. The first-order valence-electron chi connectivity index (χ1n) is 10.2. The van der Waals surface area contributed by atoms with E-state index in [4.69, 9.17) is 0 Å². The van der Waals surface area contributed by atoms with Crippen LogP contribution in [0.1, 0.15) is 50.9 Å². The van der Waals surface area contributed by atoms with Crippen molar-refractivity contribution in [2.45, 2.75) is 46.6 Å². The van der Waals surface area contributed by atoms with Gasteiger partial charge in [0, 0.05) is 24.7 Å². The predicted octanol–water partition coefficient (Wildman–Crippen LogP) is 2.48. The quantitative estimate of drug-likeness (QED) is 0.298. The summed E-state index contributed by atoms with van der Waals surface area (Å²) in [6, 6.07) is 9.61. The number of nitrogens with zero attached hydrogens (tertiary/aromatic N) is 2. The van der Waals surface area contributed by atoms with Gasteiger partial charge in [-0.15, -0.1) is 0 Å². The van der Waals surface area contributed by atoms with Crippen LogP contribution in [0.25, 0.3) is 0 Å². The Kier molecular flexibility index (Phi) is 11.9. The molecule has 0 saturated carbocycles. The fourth-order valence-electron chi connectivity index (χ4n) is 2.82. The minimum atomic E-state index is -0.0615. The summed E-state index contributed by atoms with van der Waals surface area (Å²) in [5.41, 5.74) is 0.674. The van der Waals surface area contributed by atoms with Crippen molar-refractivity contribution in [1.29, 1.82) is 0 Å². The summed E-state index contributed by atoms with van der Waals surface area (Å²) in [7, 11) is 0. The van der Waals surface area contributed by atoms with Gasteiger partial charge in [0.25, 0.3) is 5.91 Å². The zero-order chi connectivity index (χ0) is 19.9. The van der Waals surface area contributed by atoms with Gasteiger partial charge in [0.2, 0.25) is 0 Å². The third-order valence-corrected chi connectivity index (χ3v) is 4.44. The lowest BCUT2D eigenvalue weighted by Crippen LogP contribution is -2.43. The average Bonchev–Trinajstić information content (AvgIpc) is 2.69. The Morgan fingerprint density at radius 2 is 1.81 bits per heavy atom. The van der Waals surface area contributed by atoms with Crippen LogP contribution in [0, 0.1) is 0 Å². The Bertz CT molecular complexity index is 543. The SMILES string of the molecule is CCNC(=NCCNC(=O)c1ccccc1)NC(C)CCCN(CC)CC. The van der Waals surface area contributed by atoms with Gasteiger partial charge in [-0.3, -0.25) is 9.79 Å². The number of guanidine groups is 1. The molecular formula is C21H37N5O. The van der Waals surface area contributed by atoms with Gasteiger partial charge < -0.3 is 20.9 Å². The molecule has 0 fully saturated rings. The number of rotatable bonds is 12. The van der Waals surface area contributed by atoms with Crippen LogP contribution in [0.15, 0.2) is 35.3 Å². The second-order valence-corrected chi connectivity index (χ2v) is 6.60. The molecule has 0 radical (unpaired) electrons. The molecule has 0 spiro atoms. The first-order valence-corrected chi connectivity index (χ1v) is 10.2. The first-order chi connectivity index (χ1) is 13.1. The molecule has 1 unspecified atom stereocenters. The molecular weight excluding hydrogens is 338 g/mol.